The summed E-state index contributed by atoms with van der Waals surface area (Å²) in [5.74, 6) is 0. The fraction of sp³-hybridized carbons (Fsp3) is 0.200. The fourth-order valence-corrected chi connectivity index (χ4v) is 20.5. The van der Waals surface area contributed by atoms with E-state index in [2.05, 4.69) is 477 Å². The molecule has 0 unspecified atom stereocenters. The molecule has 0 bridgehead atoms. The number of nitrogens with zero attached hydrogens (tertiary/aromatic N) is 4. The first-order chi connectivity index (χ1) is 59.8. The minimum atomic E-state index is -0.360. The second kappa shape index (κ2) is 28.7. The van der Waals surface area contributed by atoms with E-state index in [4.69, 9.17) is 0 Å². The van der Waals surface area contributed by atoms with Crippen LogP contribution in [0.25, 0.3) is 143 Å². The number of anilines is 6. The van der Waals surface area contributed by atoms with Crippen molar-refractivity contribution in [2.24, 2.45) is 0 Å². The van der Waals surface area contributed by atoms with E-state index >= 15 is 0 Å². The van der Waals surface area contributed by atoms with Gasteiger partial charge in [-0.05, 0) is 216 Å². The van der Waals surface area contributed by atoms with Crippen molar-refractivity contribution in [3.63, 3.8) is 0 Å². The Morgan fingerprint density at radius 2 is 0.592 bits per heavy atom. The Morgan fingerprint density at radius 1 is 0.216 bits per heavy atom. The number of aromatic nitrogens is 2. The lowest BCUT2D eigenvalue weighted by molar-refractivity contribution is 0.569. The average Bonchev–Trinajstić information content (AvgIpc) is 1.62. The van der Waals surface area contributed by atoms with E-state index in [1.807, 2.05) is 0 Å². The van der Waals surface area contributed by atoms with Crippen LogP contribution in [0, 0.1) is 0 Å². The van der Waals surface area contributed by atoms with Gasteiger partial charge in [0.25, 0.3) is 6.71 Å². The van der Waals surface area contributed by atoms with Crippen molar-refractivity contribution < 1.29 is 0 Å². The van der Waals surface area contributed by atoms with Crippen LogP contribution in [-0.2, 0) is 32.5 Å². The number of fused-ring (bicyclic) bond motifs is 18. The normalized spacial score (nSPS) is 13.3. The van der Waals surface area contributed by atoms with Gasteiger partial charge < -0.3 is 18.8 Å². The highest BCUT2D eigenvalue weighted by Crippen LogP contribution is 2.59. The van der Waals surface area contributed by atoms with Crippen molar-refractivity contribution in [1.29, 1.82) is 0 Å². The van der Waals surface area contributed by atoms with Gasteiger partial charge in [-0.3, -0.25) is 0 Å². The van der Waals surface area contributed by atoms with E-state index in [0.29, 0.717) is 0 Å². The quantitative estimate of drug-likeness (QED) is 0.141. The first kappa shape index (κ1) is 79.0. The molecule has 0 saturated carbocycles. The smallest absolute Gasteiger partial charge is 0.252 e. The summed E-state index contributed by atoms with van der Waals surface area (Å²) in [6, 6.07) is 131. The van der Waals surface area contributed by atoms with Crippen LogP contribution in [0.4, 0.5) is 34.1 Å². The van der Waals surface area contributed by atoms with Crippen molar-refractivity contribution in [2.75, 3.05) is 9.80 Å². The summed E-state index contributed by atoms with van der Waals surface area (Å²) in [6.45, 7) is 42.2. The van der Waals surface area contributed by atoms with Gasteiger partial charge in [0.15, 0.2) is 0 Å². The number of hydrogen-bond acceptors (Lipinski definition) is 2. The Labute approximate surface area is 737 Å². The number of para-hydroxylation sites is 2. The van der Waals surface area contributed by atoms with Crippen LogP contribution in [0.15, 0.2) is 334 Å². The van der Waals surface area contributed by atoms with Crippen LogP contribution in [0.1, 0.15) is 158 Å². The van der Waals surface area contributed by atoms with Gasteiger partial charge >= 0.3 is 0 Å². The van der Waals surface area contributed by atoms with E-state index in [1.54, 1.807) is 0 Å². The van der Waals surface area contributed by atoms with Gasteiger partial charge in [0.2, 0.25) is 0 Å². The summed E-state index contributed by atoms with van der Waals surface area (Å²) in [6.07, 6.45) is 0. The minimum Gasteiger partial charge on any atom is -0.310 e. The molecule has 5 heterocycles. The van der Waals surface area contributed by atoms with Crippen molar-refractivity contribution in [2.45, 2.75) is 157 Å². The van der Waals surface area contributed by atoms with Gasteiger partial charge in [-0.15, -0.1) is 0 Å². The molecule has 0 saturated heterocycles. The van der Waals surface area contributed by atoms with Gasteiger partial charge in [0, 0.05) is 77.3 Å². The second-order valence-electron chi connectivity index (χ2n) is 41.7. The zero-order valence-electron chi connectivity index (χ0n) is 75.6. The Morgan fingerprint density at radius 3 is 1.05 bits per heavy atom. The fourth-order valence-electron chi connectivity index (χ4n) is 20.5. The maximum Gasteiger partial charge on any atom is 0.252 e. The standard InChI is InChI=1S/C120H109BN4/c1-115(2,3)80-55-60-103-98(66-80)99-67-81(116(4,5)6)56-61-104(99)122(103)86-57-59-101-106(72-86)125(113-96(76-42-27-21-28-43-76)70-85(120(16,17)18)71-97(113)77-44-29-22-30-45-77)114-109-93-52-37-51-92-90-49-34-32-47-88(90)87-46-31-33-48-89(87)91-50-35-36-53-102(91)123(111(92)93)107(109)73-108-110(114)121(101)100-58-54-78(79-62-82(117(7,8)9)65-83(63-79)118(10,11)12)64-105(100)124(108)112-94(74-38-23-19-24-39-74)68-84(119(13,14)15)69-95(112)75-40-25-20-26-41-75/h19-73H,1-18H3. The van der Waals surface area contributed by atoms with E-state index in [1.165, 1.54) is 115 Å². The maximum absolute atomic E-state index is 2.84. The summed E-state index contributed by atoms with van der Waals surface area (Å²) in [4.78, 5) is 5.64. The number of hydrogen-bond donors (Lipinski definition) is 0. The van der Waals surface area contributed by atoms with Crippen LogP contribution < -0.4 is 26.2 Å². The lowest BCUT2D eigenvalue weighted by Gasteiger charge is -2.46. The van der Waals surface area contributed by atoms with Crippen LogP contribution in [0.2, 0.25) is 0 Å². The zero-order valence-corrected chi connectivity index (χ0v) is 75.6. The SMILES string of the molecule is CC(C)(C)c1cc(-c2ccc3c(c2)N(c2c(-c4ccccc4)cc(C(C)(C)C)cc2-c2ccccc2)c2cc4c(c5c2B3c2ccc(-n3c6ccc(C(C)(C)C)cc6c6cc(C(C)(C)C)ccc63)cc2N5c2c(-c3ccccc3)cc(C(C)(C)C)cc2-c2ccccc2)c2cccc3c5ccccc5c5ccccc5c5ccccc5n4c32)cc(C(C)(C)C)c1. The van der Waals surface area contributed by atoms with E-state index in [0.717, 1.165) is 112 Å². The third kappa shape index (κ3) is 13.0. The highest BCUT2D eigenvalue weighted by atomic mass is 15.2. The summed E-state index contributed by atoms with van der Waals surface area (Å²) in [5.41, 5.74) is 35.5. The largest absolute Gasteiger partial charge is 0.310 e. The molecule has 0 fully saturated rings. The molecule has 5 heteroatoms. The maximum atomic E-state index is 2.84. The highest BCUT2D eigenvalue weighted by Gasteiger charge is 2.48. The minimum absolute atomic E-state index is 0.0962. The Balaban J connectivity index is 1.04. The lowest BCUT2D eigenvalue weighted by Crippen LogP contribution is -2.61. The monoisotopic (exact) mass is 1620 g/mol. The van der Waals surface area contributed by atoms with Gasteiger partial charge in [0.1, 0.15) is 0 Å². The predicted octanol–water partition coefficient (Wildman–Crippen LogP) is 31.6. The van der Waals surface area contributed by atoms with Gasteiger partial charge in [-0.1, -0.05) is 379 Å². The first-order valence-corrected chi connectivity index (χ1v) is 45.0. The highest BCUT2D eigenvalue weighted by molar-refractivity contribution is 7.00. The summed E-state index contributed by atoms with van der Waals surface area (Å²) in [7, 11) is 0. The van der Waals surface area contributed by atoms with Crippen LogP contribution in [0.5, 0.6) is 0 Å². The Bertz CT molecular complexity index is 7460. The topological polar surface area (TPSA) is 15.8 Å². The molecule has 2 aliphatic heterocycles. The molecule has 0 aliphatic carbocycles. The molecule has 0 radical (unpaired) electrons. The van der Waals surface area contributed by atoms with E-state index in [-0.39, 0.29) is 39.2 Å². The summed E-state index contributed by atoms with van der Waals surface area (Å²) >= 11 is 0. The third-order valence-corrected chi connectivity index (χ3v) is 27.3. The predicted molar refractivity (Wildman–Crippen MR) is 541 cm³/mol. The molecular weight excluding hydrogens is 1510 g/mol. The van der Waals surface area contributed by atoms with Crippen molar-refractivity contribution in [3.05, 3.63) is 367 Å². The van der Waals surface area contributed by atoms with Crippen LogP contribution in [0.3, 0.4) is 0 Å². The van der Waals surface area contributed by atoms with Crippen molar-refractivity contribution >= 4 is 139 Å². The van der Waals surface area contributed by atoms with Gasteiger partial charge in [-0.25, -0.2) is 0 Å². The molecule has 19 aromatic rings. The average molecular weight is 1620 g/mol. The molecule has 612 valence electrons. The molecule has 21 rings (SSSR count). The van der Waals surface area contributed by atoms with Crippen molar-refractivity contribution in [1.82, 2.24) is 8.97 Å². The summed E-state index contributed by atoms with van der Waals surface area (Å²) < 4.78 is 5.32. The molecule has 0 atom stereocenters. The Kier molecular flexibility index (Phi) is 18.1. The van der Waals surface area contributed by atoms with Gasteiger partial charge in [-0.2, -0.15) is 0 Å². The molecule has 125 heavy (non-hydrogen) atoms. The Hall–Kier alpha value is -13.2. The lowest BCUT2D eigenvalue weighted by atomic mass is 9.33. The van der Waals surface area contributed by atoms with Crippen molar-refractivity contribution in [3.8, 4) is 61.3 Å². The number of rotatable bonds is 8. The van der Waals surface area contributed by atoms with Gasteiger partial charge in [0.05, 0.1) is 44.6 Å². The van der Waals surface area contributed by atoms with E-state index in [9.17, 15) is 0 Å². The van der Waals surface area contributed by atoms with Crippen LogP contribution in [-0.4, -0.2) is 15.7 Å². The molecule has 16 aromatic carbocycles. The first-order valence-electron chi connectivity index (χ1n) is 45.0. The molecule has 2 aliphatic rings. The molecule has 3 aromatic heterocycles. The molecule has 4 nitrogen and oxygen atoms in total. The molecular formula is C120H109BN4. The van der Waals surface area contributed by atoms with E-state index < -0.39 is 0 Å². The second-order valence-corrected chi connectivity index (χ2v) is 41.7. The molecule has 0 amide bonds. The number of benzene rings is 16. The zero-order chi connectivity index (χ0) is 86.4. The molecule has 0 N–H and O–H groups in total. The molecule has 0 spiro atoms. The summed E-state index contributed by atoms with van der Waals surface area (Å²) in [5, 5.41) is 11.9. The van der Waals surface area contributed by atoms with Crippen LogP contribution >= 0.6 is 0 Å². The third-order valence-electron chi connectivity index (χ3n) is 27.3.